The molecule has 104 valence electrons. The third-order valence-electron chi connectivity index (χ3n) is 2.78. The maximum absolute atomic E-state index is 5.82. The van der Waals surface area contributed by atoms with E-state index in [0.29, 0.717) is 12.5 Å². The molecule has 1 aromatic rings. The van der Waals surface area contributed by atoms with E-state index in [1.165, 1.54) is 10.6 Å². The molecule has 0 saturated carbocycles. The van der Waals surface area contributed by atoms with Gasteiger partial charge < -0.3 is 10.5 Å². The van der Waals surface area contributed by atoms with Crippen molar-refractivity contribution < 1.29 is 4.74 Å². The van der Waals surface area contributed by atoms with Gasteiger partial charge in [-0.05, 0) is 25.7 Å². The SMILES string of the molecule is CCCC(OCC)c1nc(CC(C)C)c(CN)s1. The van der Waals surface area contributed by atoms with E-state index in [1.807, 2.05) is 6.92 Å². The minimum Gasteiger partial charge on any atom is -0.371 e. The van der Waals surface area contributed by atoms with E-state index in [2.05, 4.69) is 20.8 Å². The number of rotatable bonds is 8. The minimum absolute atomic E-state index is 0.149. The summed E-state index contributed by atoms with van der Waals surface area (Å²) < 4.78 is 5.79. The van der Waals surface area contributed by atoms with Gasteiger partial charge in [-0.1, -0.05) is 27.2 Å². The summed E-state index contributed by atoms with van der Waals surface area (Å²) >= 11 is 1.73. The molecule has 1 atom stereocenters. The second-order valence-electron chi connectivity index (χ2n) is 4.96. The molecule has 1 heterocycles. The lowest BCUT2D eigenvalue weighted by molar-refractivity contribution is 0.0554. The zero-order valence-corrected chi connectivity index (χ0v) is 12.8. The van der Waals surface area contributed by atoms with Gasteiger partial charge in [0.15, 0.2) is 0 Å². The third-order valence-corrected chi connectivity index (χ3v) is 3.99. The molecule has 0 fully saturated rings. The average Bonchev–Trinajstić information content (AvgIpc) is 2.71. The summed E-state index contributed by atoms with van der Waals surface area (Å²) in [6.45, 7) is 9.97. The van der Waals surface area contributed by atoms with E-state index < -0.39 is 0 Å². The van der Waals surface area contributed by atoms with Crippen LogP contribution in [0.15, 0.2) is 0 Å². The van der Waals surface area contributed by atoms with Crippen molar-refractivity contribution in [1.29, 1.82) is 0 Å². The van der Waals surface area contributed by atoms with Crippen molar-refractivity contribution in [3.05, 3.63) is 15.6 Å². The largest absolute Gasteiger partial charge is 0.371 e. The van der Waals surface area contributed by atoms with Crippen LogP contribution in [0.25, 0.3) is 0 Å². The lowest BCUT2D eigenvalue weighted by Crippen LogP contribution is -2.05. The van der Waals surface area contributed by atoms with Gasteiger partial charge in [0.2, 0.25) is 0 Å². The molecule has 2 N–H and O–H groups in total. The Morgan fingerprint density at radius 2 is 2.06 bits per heavy atom. The first-order valence-electron chi connectivity index (χ1n) is 6.92. The topological polar surface area (TPSA) is 48.1 Å². The molecular formula is C14H26N2OS. The number of thiazole rings is 1. The fourth-order valence-corrected chi connectivity index (χ4v) is 3.04. The fraction of sp³-hybridized carbons (Fsp3) is 0.786. The standard InChI is InChI=1S/C14H26N2OS/c1-5-7-12(17-6-2)14-16-11(8-10(3)4)13(9-15)18-14/h10,12H,5-9,15H2,1-4H3. The van der Waals surface area contributed by atoms with Gasteiger partial charge in [-0.15, -0.1) is 11.3 Å². The second-order valence-corrected chi connectivity index (χ2v) is 6.07. The number of aromatic nitrogens is 1. The van der Waals surface area contributed by atoms with Crippen LogP contribution in [-0.2, 0) is 17.7 Å². The summed E-state index contributed by atoms with van der Waals surface area (Å²) in [4.78, 5) is 5.99. The summed E-state index contributed by atoms with van der Waals surface area (Å²) in [6.07, 6.45) is 3.30. The second kappa shape index (κ2) is 7.87. The first kappa shape index (κ1) is 15.6. The lowest BCUT2D eigenvalue weighted by Gasteiger charge is -2.12. The van der Waals surface area contributed by atoms with Crippen LogP contribution in [0.1, 0.15) is 62.2 Å². The molecule has 0 saturated heterocycles. The first-order chi connectivity index (χ1) is 8.62. The molecule has 3 nitrogen and oxygen atoms in total. The van der Waals surface area contributed by atoms with Crippen molar-refractivity contribution in [2.45, 2.75) is 59.6 Å². The van der Waals surface area contributed by atoms with Crippen LogP contribution in [0, 0.1) is 5.92 Å². The lowest BCUT2D eigenvalue weighted by atomic mass is 10.1. The Kier molecular flexibility index (Phi) is 6.82. The van der Waals surface area contributed by atoms with Gasteiger partial charge >= 0.3 is 0 Å². The summed E-state index contributed by atoms with van der Waals surface area (Å²) in [5, 5.41) is 1.11. The average molecular weight is 270 g/mol. The van der Waals surface area contributed by atoms with Gasteiger partial charge in [0.05, 0.1) is 5.69 Å². The highest BCUT2D eigenvalue weighted by molar-refractivity contribution is 7.11. The highest BCUT2D eigenvalue weighted by Gasteiger charge is 2.18. The van der Waals surface area contributed by atoms with E-state index in [9.17, 15) is 0 Å². The number of hydrogen-bond donors (Lipinski definition) is 1. The fourth-order valence-electron chi connectivity index (χ4n) is 1.99. The van der Waals surface area contributed by atoms with E-state index in [4.69, 9.17) is 15.5 Å². The van der Waals surface area contributed by atoms with Crippen molar-refractivity contribution in [3.63, 3.8) is 0 Å². The molecule has 0 aliphatic rings. The summed E-state index contributed by atoms with van der Waals surface area (Å²) in [7, 11) is 0. The highest BCUT2D eigenvalue weighted by atomic mass is 32.1. The number of nitrogens with zero attached hydrogens (tertiary/aromatic N) is 1. The number of hydrogen-bond acceptors (Lipinski definition) is 4. The van der Waals surface area contributed by atoms with Crippen molar-refractivity contribution >= 4 is 11.3 Å². The predicted octanol–water partition coefficient (Wildman–Crippen LogP) is 3.68. The molecule has 4 heteroatoms. The van der Waals surface area contributed by atoms with Crippen molar-refractivity contribution in [1.82, 2.24) is 4.98 Å². The number of ether oxygens (including phenoxy) is 1. The van der Waals surface area contributed by atoms with E-state index in [-0.39, 0.29) is 6.10 Å². The Morgan fingerprint density at radius 3 is 2.56 bits per heavy atom. The molecule has 0 aliphatic heterocycles. The molecule has 1 unspecified atom stereocenters. The van der Waals surface area contributed by atoms with Crippen LogP contribution in [0.5, 0.6) is 0 Å². The maximum atomic E-state index is 5.82. The van der Waals surface area contributed by atoms with Gasteiger partial charge in [-0.25, -0.2) is 4.98 Å². The molecule has 0 bridgehead atoms. The van der Waals surface area contributed by atoms with Crippen molar-refractivity contribution in [2.75, 3.05) is 6.61 Å². The van der Waals surface area contributed by atoms with Crippen molar-refractivity contribution in [2.24, 2.45) is 11.7 Å². The Bertz CT molecular complexity index is 344. The Morgan fingerprint density at radius 1 is 1.33 bits per heavy atom. The quantitative estimate of drug-likeness (QED) is 0.784. The van der Waals surface area contributed by atoms with E-state index in [0.717, 1.165) is 30.9 Å². The van der Waals surface area contributed by atoms with Crippen LogP contribution < -0.4 is 5.73 Å². The minimum atomic E-state index is 0.149. The van der Waals surface area contributed by atoms with E-state index in [1.54, 1.807) is 11.3 Å². The maximum Gasteiger partial charge on any atom is 0.122 e. The molecule has 0 aliphatic carbocycles. The molecule has 0 aromatic carbocycles. The zero-order chi connectivity index (χ0) is 13.5. The monoisotopic (exact) mass is 270 g/mol. The molecule has 1 aromatic heterocycles. The summed E-state index contributed by atoms with van der Waals surface area (Å²) in [5.74, 6) is 0.613. The zero-order valence-electron chi connectivity index (χ0n) is 12.0. The van der Waals surface area contributed by atoms with Gasteiger partial charge in [-0.3, -0.25) is 0 Å². The molecular weight excluding hydrogens is 244 g/mol. The Labute approximate surface area is 115 Å². The Hall–Kier alpha value is -0.450. The predicted molar refractivity (Wildman–Crippen MR) is 77.8 cm³/mol. The molecule has 18 heavy (non-hydrogen) atoms. The van der Waals surface area contributed by atoms with Crippen LogP contribution in [0.3, 0.4) is 0 Å². The van der Waals surface area contributed by atoms with Crippen LogP contribution >= 0.6 is 11.3 Å². The molecule has 0 amide bonds. The van der Waals surface area contributed by atoms with Crippen LogP contribution in [-0.4, -0.2) is 11.6 Å². The smallest absolute Gasteiger partial charge is 0.122 e. The normalized spacial score (nSPS) is 13.2. The van der Waals surface area contributed by atoms with Crippen molar-refractivity contribution in [3.8, 4) is 0 Å². The van der Waals surface area contributed by atoms with Crippen LogP contribution in [0.4, 0.5) is 0 Å². The summed E-state index contributed by atoms with van der Waals surface area (Å²) in [6, 6.07) is 0. The molecule has 0 radical (unpaired) electrons. The van der Waals surface area contributed by atoms with E-state index >= 15 is 0 Å². The first-order valence-corrected chi connectivity index (χ1v) is 7.74. The van der Waals surface area contributed by atoms with Crippen LogP contribution in [0.2, 0.25) is 0 Å². The Balaban J connectivity index is 2.90. The van der Waals surface area contributed by atoms with Gasteiger partial charge in [0.25, 0.3) is 0 Å². The highest BCUT2D eigenvalue weighted by Crippen LogP contribution is 2.30. The third kappa shape index (κ3) is 4.34. The molecule has 1 rings (SSSR count). The van der Waals surface area contributed by atoms with Gasteiger partial charge in [-0.2, -0.15) is 0 Å². The van der Waals surface area contributed by atoms with Gasteiger partial charge in [0.1, 0.15) is 11.1 Å². The summed E-state index contributed by atoms with van der Waals surface area (Å²) in [5.41, 5.74) is 6.99. The van der Waals surface area contributed by atoms with Gasteiger partial charge in [0, 0.05) is 18.0 Å². The number of nitrogens with two attached hydrogens (primary N) is 1. The molecule has 0 spiro atoms.